The number of rotatable bonds is 9. The third-order valence-corrected chi connectivity index (χ3v) is 6.87. The average Bonchev–Trinajstić information content (AvgIpc) is 3.47. The number of ether oxygens (including phenoxy) is 2. The largest absolute Gasteiger partial charge is 0.459 e. The number of esters is 1. The summed E-state index contributed by atoms with van der Waals surface area (Å²) in [6, 6.07) is 7.80. The minimum atomic E-state index is -0.516. The maximum atomic E-state index is 12.6. The zero-order valence-electron chi connectivity index (χ0n) is 23.0. The smallest absolute Gasteiger partial charge is 0.323 e. The van der Waals surface area contributed by atoms with Crippen molar-refractivity contribution in [2.45, 2.75) is 78.6 Å². The molecule has 2 aromatic heterocycles. The quantitative estimate of drug-likeness (QED) is 0.433. The summed E-state index contributed by atoms with van der Waals surface area (Å²) < 4.78 is 15.1. The van der Waals surface area contributed by atoms with Crippen LogP contribution in [0.15, 0.2) is 35.3 Å². The fraction of sp³-hybridized carbons (Fsp3) is 0.552. The summed E-state index contributed by atoms with van der Waals surface area (Å²) in [6.45, 7) is 12.5. The van der Waals surface area contributed by atoms with Crippen molar-refractivity contribution in [3.8, 4) is 11.4 Å². The van der Waals surface area contributed by atoms with Crippen molar-refractivity contribution in [3.63, 3.8) is 0 Å². The van der Waals surface area contributed by atoms with Gasteiger partial charge in [-0.15, -0.1) is 0 Å². The normalized spacial score (nSPS) is 16.9. The highest BCUT2D eigenvalue weighted by Gasteiger charge is 2.24. The van der Waals surface area contributed by atoms with E-state index in [1.54, 1.807) is 11.6 Å². The third kappa shape index (κ3) is 6.48. The van der Waals surface area contributed by atoms with Gasteiger partial charge in [-0.25, -0.2) is 4.98 Å². The predicted octanol–water partition coefficient (Wildman–Crippen LogP) is 4.35. The zero-order chi connectivity index (χ0) is 26.7. The molecule has 1 unspecified atom stereocenters. The number of pyridine rings is 1. The second kappa shape index (κ2) is 11.2. The maximum Gasteiger partial charge on any atom is 0.323 e. The number of nitrogens with zero attached hydrogens (tertiary/aromatic N) is 3. The van der Waals surface area contributed by atoms with E-state index in [1.807, 2.05) is 52.9 Å². The van der Waals surface area contributed by atoms with Gasteiger partial charge in [0.2, 0.25) is 0 Å². The number of carbonyl (C=O) groups excluding carboxylic acids is 1. The topological polar surface area (TPSA) is 87.4 Å². The number of carbonyl (C=O) groups is 1. The van der Waals surface area contributed by atoms with Crippen LogP contribution in [0.4, 0.5) is 0 Å². The molecule has 2 atom stereocenters. The van der Waals surface area contributed by atoms with Crippen molar-refractivity contribution in [2.75, 3.05) is 13.2 Å². The number of fused-ring (bicyclic) bond motifs is 1. The maximum absolute atomic E-state index is 12.6. The molecular weight excluding hydrogens is 468 g/mol. The fourth-order valence-electron chi connectivity index (χ4n) is 4.86. The van der Waals surface area contributed by atoms with E-state index in [2.05, 4.69) is 22.0 Å². The van der Waals surface area contributed by atoms with Crippen molar-refractivity contribution >= 4 is 17.0 Å². The van der Waals surface area contributed by atoms with Crippen LogP contribution in [0, 0.1) is 12.8 Å². The Balaban J connectivity index is 1.64. The second-order valence-electron chi connectivity index (χ2n) is 11.1. The van der Waals surface area contributed by atoms with Crippen LogP contribution in [0.1, 0.15) is 58.1 Å². The van der Waals surface area contributed by atoms with E-state index in [9.17, 15) is 9.59 Å². The number of aryl methyl sites for hydroxylation is 3. The molecular formula is C29H40N4O4. The van der Waals surface area contributed by atoms with Gasteiger partial charge in [0, 0.05) is 50.7 Å². The molecule has 1 aliphatic rings. The van der Waals surface area contributed by atoms with Gasteiger partial charge in [-0.2, -0.15) is 0 Å². The summed E-state index contributed by atoms with van der Waals surface area (Å²) in [6.07, 6.45) is 4.59. The van der Waals surface area contributed by atoms with Crippen LogP contribution in [0.25, 0.3) is 22.4 Å². The van der Waals surface area contributed by atoms with E-state index in [0.717, 1.165) is 60.6 Å². The molecule has 4 rings (SSSR count). The van der Waals surface area contributed by atoms with Crippen LogP contribution in [-0.2, 0) is 34.4 Å². The molecule has 1 aliphatic heterocycles. The van der Waals surface area contributed by atoms with E-state index in [-0.39, 0.29) is 17.6 Å². The molecule has 3 aromatic rings. The van der Waals surface area contributed by atoms with Crippen molar-refractivity contribution in [1.82, 2.24) is 19.4 Å². The van der Waals surface area contributed by atoms with E-state index >= 15 is 0 Å². The standard InChI is InChI=1S/C29H40N4O4/c1-7-23(28(35)37-29(3,4)5)30-16-21-8-9-24-25(15-21)33(12-10-20-11-13-36-18-20)26(31-24)22-14-19(2)27(34)32(6)17-22/h8-9,14-15,17,20,23,30H,7,10-13,16,18H2,1-6H3/t20?,23-/m0/s1. The zero-order valence-corrected chi connectivity index (χ0v) is 23.0. The summed E-state index contributed by atoms with van der Waals surface area (Å²) in [5.74, 6) is 1.17. The summed E-state index contributed by atoms with van der Waals surface area (Å²) in [5.41, 5.74) is 4.13. The molecule has 0 saturated carbocycles. The van der Waals surface area contributed by atoms with Gasteiger partial charge in [-0.05, 0) is 76.6 Å². The Bertz CT molecular complexity index is 1290. The minimum absolute atomic E-state index is 0.00154. The van der Waals surface area contributed by atoms with E-state index in [4.69, 9.17) is 14.5 Å². The molecule has 200 valence electrons. The van der Waals surface area contributed by atoms with Crippen molar-refractivity contribution < 1.29 is 14.3 Å². The Morgan fingerprint density at radius 2 is 2.08 bits per heavy atom. The Morgan fingerprint density at radius 3 is 2.73 bits per heavy atom. The molecule has 1 N–H and O–H groups in total. The molecule has 0 spiro atoms. The van der Waals surface area contributed by atoms with Gasteiger partial charge in [-0.1, -0.05) is 13.0 Å². The lowest BCUT2D eigenvalue weighted by molar-refractivity contribution is -0.157. The van der Waals surface area contributed by atoms with Crippen LogP contribution in [0.5, 0.6) is 0 Å². The highest BCUT2D eigenvalue weighted by molar-refractivity contribution is 5.81. The lowest BCUT2D eigenvalue weighted by Crippen LogP contribution is -2.40. The van der Waals surface area contributed by atoms with Crippen molar-refractivity contribution in [1.29, 1.82) is 0 Å². The van der Waals surface area contributed by atoms with Gasteiger partial charge < -0.3 is 23.9 Å². The SMILES string of the molecule is CC[C@H](NCc1ccc2nc(-c3cc(C)c(=O)n(C)c3)n(CCC3CCOC3)c2c1)C(=O)OC(C)(C)C. The summed E-state index contributed by atoms with van der Waals surface area (Å²) in [7, 11) is 1.78. The van der Waals surface area contributed by atoms with Gasteiger partial charge in [0.15, 0.2) is 0 Å². The van der Waals surface area contributed by atoms with Gasteiger partial charge in [0.25, 0.3) is 5.56 Å². The van der Waals surface area contributed by atoms with E-state index in [0.29, 0.717) is 24.4 Å². The van der Waals surface area contributed by atoms with Crippen LogP contribution < -0.4 is 10.9 Å². The van der Waals surface area contributed by atoms with E-state index < -0.39 is 5.60 Å². The number of hydrogen-bond acceptors (Lipinski definition) is 6. The van der Waals surface area contributed by atoms with Crippen LogP contribution in [-0.4, -0.2) is 44.9 Å². The number of hydrogen-bond donors (Lipinski definition) is 1. The number of nitrogens with one attached hydrogen (secondary N) is 1. The molecule has 0 radical (unpaired) electrons. The molecule has 3 heterocycles. The van der Waals surface area contributed by atoms with E-state index in [1.165, 1.54) is 0 Å². The molecule has 1 fully saturated rings. The lowest BCUT2D eigenvalue weighted by Gasteiger charge is -2.24. The summed E-state index contributed by atoms with van der Waals surface area (Å²) >= 11 is 0. The highest BCUT2D eigenvalue weighted by Crippen LogP contribution is 2.28. The number of benzene rings is 1. The summed E-state index contributed by atoms with van der Waals surface area (Å²) in [4.78, 5) is 29.9. The minimum Gasteiger partial charge on any atom is -0.459 e. The summed E-state index contributed by atoms with van der Waals surface area (Å²) in [5, 5.41) is 3.37. The average molecular weight is 509 g/mol. The van der Waals surface area contributed by atoms with Crippen molar-refractivity contribution in [2.24, 2.45) is 13.0 Å². The fourth-order valence-corrected chi connectivity index (χ4v) is 4.86. The molecule has 0 bridgehead atoms. The van der Waals surface area contributed by atoms with Gasteiger partial charge >= 0.3 is 5.97 Å². The Kier molecular flexibility index (Phi) is 8.19. The van der Waals surface area contributed by atoms with Gasteiger partial charge in [-0.3, -0.25) is 9.59 Å². The van der Waals surface area contributed by atoms with Gasteiger partial charge in [0.05, 0.1) is 11.0 Å². The highest BCUT2D eigenvalue weighted by atomic mass is 16.6. The number of aromatic nitrogens is 3. The van der Waals surface area contributed by atoms with Crippen LogP contribution in [0.3, 0.4) is 0 Å². The first-order valence-electron chi connectivity index (χ1n) is 13.3. The van der Waals surface area contributed by atoms with Gasteiger partial charge in [0.1, 0.15) is 17.5 Å². The Hall–Kier alpha value is -2.97. The molecule has 37 heavy (non-hydrogen) atoms. The Morgan fingerprint density at radius 1 is 1.30 bits per heavy atom. The first-order valence-corrected chi connectivity index (χ1v) is 13.3. The molecule has 0 aliphatic carbocycles. The van der Waals surface area contributed by atoms with Crippen LogP contribution >= 0.6 is 0 Å². The Labute approximate surface area is 219 Å². The van der Waals surface area contributed by atoms with Crippen molar-refractivity contribution in [3.05, 3.63) is 51.9 Å². The molecule has 1 aromatic carbocycles. The first-order chi connectivity index (χ1) is 17.6. The molecule has 8 nitrogen and oxygen atoms in total. The molecule has 1 saturated heterocycles. The first kappa shape index (κ1) is 27.1. The molecule has 0 amide bonds. The second-order valence-corrected chi connectivity index (χ2v) is 11.1. The van der Waals surface area contributed by atoms with Crippen LogP contribution in [0.2, 0.25) is 0 Å². The molecule has 8 heteroatoms. The monoisotopic (exact) mass is 508 g/mol. The number of imidazole rings is 1. The lowest BCUT2D eigenvalue weighted by atomic mass is 10.1. The third-order valence-electron chi connectivity index (χ3n) is 6.87. The predicted molar refractivity (Wildman–Crippen MR) is 145 cm³/mol.